The summed E-state index contributed by atoms with van der Waals surface area (Å²) in [4.78, 5) is 2.64. The number of nitrogens with zero attached hydrogens (tertiary/aromatic N) is 1. The van der Waals surface area contributed by atoms with Gasteiger partial charge in [0, 0.05) is 38.2 Å². The van der Waals surface area contributed by atoms with Crippen LogP contribution in [0, 0.1) is 23.7 Å². The van der Waals surface area contributed by atoms with Crippen LogP contribution in [0.5, 0.6) is 0 Å². The van der Waals surface area contributed by atoms with E-state index in [2.05, 4.69) is 22.4 Å². The molecule has 22 heavy (non-hydrogen) atoms. The minimum Gasteiger partial charge on any atom is -0.381 e. The maximum absolute atomic E-state index is 5.65. The number of allylic oxidation sites excluding steroid dienone is 2. The van der Waals surface area contributed by atoms with E-state index in [1.54, 1.807) is 0 Å². The molecular formula is C18H30N2O2. The smallest absolute Gasteiger partial charge is 0.0594 e. The molecule has 0 radical (unpaired) electrons. The first-order valence-corrected chi connectivity index (χ1v) is 9.19. The van der Waals surface area contributed by atoms with Crippen molar-refractivity contribution in [3.8, 4) is 0 Å². The van der Waals surface area contributed by atoms with Gasteiger partial charge in [0.25, 0.3) is 0 Å². The lowest BCUT2D eigenvalue weighted by molar-refractivity contribution is 0.00122. The summed E-state index contributed by atoms with van der Waals surface area (Å²) in [6.45, 7) is 8.15. The fourth-order valence-corrected chi connectivity index (χ4v) is 4.91. The Bertz CT molecular complexity index is 389. The molecule has 0 amide bonds. The molecule has 0 aromatic heterocycles. The van der Waals surface area contributed by atoms with Crippen LogP contribution in [0.25, 0.3) is 0 Å². The molecule has 4 aliphatic rings. The summed E-state index contributed by atoms with van der Waals surface area (Å²) in [6, 6.07) is 0.625. The van der Waals surface area contributed by atoms with Crippen LogP contribution in [0.2, 0.25) is 0 Å². The van der Waals surface area contributed by atoms with Crippen LogP contribution >= 0.6 is 0 Å². The average Bonchev–Trinajstić information content (AvgIpc) is 3.30. The van der Waals surface area contributed by atoms with Crippen LogP contribution in [0.15, 0.2) is 12.2 Å². The Kier molecular flexibility index (Phi) is 4.81. The quantitative estimate of drug-likeness (QED) is 0.755. The van der Waals surface area contributed by atoms with Crippen molar-refractivity contribution < 1.29 is 9.47 Å². The van der Waals surface area contributed by atoms with Crippen molar-refractivity contribution in [3.05, 3.63) is 12.2 Å². The van der Waals surface area contributed by atoms with Crippen molar-refractivity contribution in [3.63, 3.8) is 0 Å². The lowest BCUT2D eigenvalue weighted by Gasteiger charge is -2.38. The van der Waals surface area contributed by atoms with Crippen LogP contribution in [-0.4, -0.2) is 63.5 Å². The monoisotopic (exact) mass is 306 g/mol. The molecule has 1 N–H and O–H groups in total. The summed E-state index contributed by atoms with van der Waals surface area (Å²) in [5.74, 6) is 3.31. The van der Waals surface area contributed by atoms with E-state index in [0.29, 0.717) is 12.0 Å². The second-order valence-corrected chi connectivity index (χ2v) is 7.54. The third-order valence-electron chi connectivity index (χ3n) is 6.20. The van der Waals surface area contributed by atoms with Gasteiger partial charge in [0.1, 0.15) is 0 Å². The van der Waals surface area contributed by atoms with E-state index >= 15 is 0 Å². The lowest BCUT2D eigenvalue weighted by Crippen LogP contribution is -2.52. The second kappa shape index (κ2) is 7.00. The number of hydrogen-bond acceptors (Lipinski definition) is 4. The van der Waals surface area contributed by atoms with Crippen LogP contribution < -0.4 is 5.32 Å². The molecule has 2 aliphatic carbocycles. The number of ether oxygens (including phenoxy) is 2. The van der Waals surface area contributed by atoms with Gasteiger partial charge in [0.2, 0.25) is 0 Å². The highest BCUT2D eigenvalue weighted by molar-refractivity contribution is 5.10. The number of hydrogen-bond donors (Lipinski definition) is 1. The molecule has 4 heteroatoms. The molecule has 4 nitrogen and oxygen atoms in total. The molecule has 5 unspecified atom stereocenters. The van der Waals surface area contributed by atoms with Crippen LogP contribution in [0.4, 0.5) is 0 Å². The van der Waals surface area contributed by atoms with Crippen LogP contribution in [0.1, 0.15) is 19.3 Å². The summed E-state index contributed by atoms with van der Waals surface area (Å²) in [6.07, 6.45) is 8.94. The van der Waals surface area contributed by atoms with Gasteiger partial charge in [0.15, 0.2) is 0 Å². The number of rotatable bonds is 6. The van der Waals surface area contributed by atoms with Crippen LogP contribution in [0.3, 0.4) is 0 Å². The van der Waals surface area contributed by atoms with Crippen LogP contribution in [-0.2, 0) is 9.47 Å². The van der Waals surface area contributed by atoms with E-state index < -0.39 is 0 Å². The molecule has 2 heterocycles. The average molecular weight is 306 g/mol. The van der Waals surface area contributed by atoms with Crippen molar-refractivity contribution in [2.45, 2.75) is 25.3 Å². The molecule has 0 aromatic rings. The Balaban J connectivity index is 1.29. The SMILES string of the molecule is C1=CC2CC1CC2CNCC(C1CCOC1)N1CCOCC1. The summed E-state index contributed by atoms with van der Waals surface area (Å²) >= 11 is 0. The highest BCUT2D eigenvalue weighted by atomic mass is 16.5. The van der Waals surface area contributed by atoms with Gasteiger partial charge in [0.05, 0.1) is 19.8 Å². The number of morpholine rings is 1. The summed E-state index contributed by atoms with van der Waals surface area (Å²) in [5.41, 5.74) is 0. The lowest BCUT2D eigenvalue weighted by atomic mass is 9.93. The van der Waals surface area contributed by atoms with Crippen molar-refractivity contribution >= 4 is 0 Å². The van der Waals surface area contributed by atoms with Gasteiger partial charge in [-0.3, -0.25) is 4.90 Å². The van der Waals surface area contributed by atoms with Crippen molar-refractivity contribution in [2.24, 2.45) is 23.7 Å². The minimum atomic E-state index is 0.625. The maximum atomic E-state index is 5.65. The summed E-state index contributed by atoms with van der Waals surface area (Å²) in [5, 5.41) is 3.81. The van der Waals surface area contributed by atoms with Gasteiger partial charge in [-0.25, -0.2) is 0 Å². The minimum absolute atomic E-state index is 0.625. The van der Waals surface area contributed by atoms with Gasteiger partial charge in [-0.15, -0.1) is 0 Å². The van der Waals surface area contributed by atoms with E-state index in [-0.39, 0.29) is 0 Å². The first-order chi connectivity index (χ1) is 10.9. The fraction of sp³-hybridized carbons (Fsp3) is 0.889. The molecule has 2 bridgehead atoms. The zero-order valence-corrected chi connectivity index (χ0v) is 13.6. The van der Waals surface area contributed by atoms with E-state index in [9.17, 15) is 0 Å². The molecule has 1 saturated carbocycles. The van der Waals surface area contributed by atoms with Crippen molar-refractivity contribution in [1.29, 1.82) is 0 Å². The first kappa shape index (κ1) is 15.1. The molecular weight excluding hydrogens is 276 g/mol. The van der Waals surface area contributed by atoms with E-state index in [0.717, 1.165) is 63.8 Å². The zero-order chi connectivity index (χ0) is 14.8. The van der Waals surface area contributed by atoms with Gasteiger partial charge in [-0.1, -0.05) is 12.2 Å². The Hall–Kier alpha value is -0.420. The Morgan fingerprint density at radius 3 is 2.68 bits per heavy atom. The molecule has 2 saturated heterocycles. The molecule has 2 aliphatic heterocycles. The predicted octanol–water partition coefficient (Wildman–Crippen LogP) is 1.53. The van der Waals surface area contributed by atoms with Gasteiger partial charge in [-0.05, 0) is 43.6 Å². The third kappa shape index (κ3) is 3.25. The Morgan fingerprint density at radius 1 is 1.09 bits per heavy atom. The van der Waals surface area contributed by atoms with Crippen molar-refractivity contribution in [1.82, 2.24) is 10.2 Å². The van der Waals surface area contributed by atoms with Crippen molar-refractivity contribution in [2.75, 3.05) is 52.6 Å². The standard InChI is InChI=1S/C18H30N2O2/c1-2-15-9-14(1)10-17(15)11-19-12-18(16-3-6-22-13-16)20-4-7-21-8-5-20/h1-2,14-19H,3-13H2. The largest absolute Gasteiger partial charge is 0.381 e. The summed E-state index contributed by atoms with van der Waals surface area (Å²) < 4.78 is 11.2. The van der Waals surface area contributed by atoms with E-state index in [1.807, 2.05) is 0 Å². The van der Waals surface area contributed by atoms with Gasteiger partial charge in [-0.2, -0.15) is 0 Å². The molecule has 124 valence electrons. The predicted molar refractivity (Wildman–Crippen MR) is 86.8 cm³/mol. The first-order valence-electron chi connectivity index (χ1n) is 9.19. The highest BCUT2D eigenvalue weighted by Crippen LogP contribution is 2.42. The third-order valence-corrected chi connectivity index (χ3v) is 6.20. The summed E-state index contributed by atoms with van der Waals surface area (Å²) in [7, 11) is 0. The molecule has 0 aromatic carbocycles. The van der Waals surface area contributed by atoms with Gasteiger partial charge < -0.3 is 14.8 Å². The molecule has 0 spiro atoms. The Morgan fingerprint density at radius 2 is 2.00 bits per heavy atom. The maximum Gasteiger partial charge on any atom is 0.0594 e. The fourth-order valence-electron chi connectivity index (χ4n) is 4.91. The zero-order valence-electron chi connectivity index (χ0n) is 13.6. The number of nitrogens with one attached hydrogen (secondary N) is 1. The number of fused-ring (bicyclic) bond motifs is 2. The van der Waals surface area contributed by atoms with E-state index in [4.69, 9.17) is 9.47 Å². The second-order valence-electron chi connectivity index (χ2n) is 7.54. The topological polar surface area (TPSA) is 33.7 Å². The van der Waals surface area contributed by atoms with E-state index in [1.165, 1.54) is 25.8 Å². The highest BCUT2D eigenvalue weighted by Gasteiger charge is 2.36. The molecule has 3 fully saturated rings. The van der Waals surface area contributed by atoms with Gasteiger partial charge >= 0.3 is 0 Å². The molecule has 5 atom stereocenters. The normalized spacial score (nSPS) is 39.6. The molecule has 4 rings (SSSR count). The Labute approximate surface area is 134 Å².